The molecular formula is C16H23NO3. The molecule has 1 aromatic carbocycles. The normalized spacial score (nSPS) is 30.4. The largest absolute Gasteiger partial charge is 0.508 e. The van der Waals surface area contributed by atoms with Crippen molar-refractivity contribution in [2.75, 3.05) is 27.3 Å². The number of phenols is 1. The Bertz CT molecular complexity index is 465. The van der Waals surface area contributed by atoms with Gasteiger partial charge in [0.05, 0.1) is 12.2 Å². The first-order valence-electron chi connectivity index (χ1n) is 7.35. The van der Waals surface area contributed by atoms with Gasteiger partial charge in [-0.3, -0.25) is 4.90 Å². The second-order valence-corrected chi connectivity index (χ2v) is 5.76. The highest BCUT2D eigenvalue weighted by Gasteiger charge is 2.38. The van der Waals surface area contributed by atoms with Crippen molar-refractivity contribution in [1.82, 2.24) is 4.90 Å². The van der Waals surface area contributed by atoms with Crippen molar-refractivity contribution >= 4 is 0 Å². The van der Waals surface area contributed by atoms with E-state index in [0.717, 1.165) is 37.9 Å². The lowest BCUT2D eigenvalue weighted by Crippen LogP contribution is -2.30. The molecule has 1 aliphatic heterocycles. The SMILES string of the molecule is COC1CN(C2CCCc3c(O)cccc32)CC1OC. The highest BCUT2D eigenvalue weighted by Crippen LogP contribution is 2.39. The van der Waals surface area contributed by atoms with Crippen LogP contribution >= 0.6 is 0 Å². The third-order valence-electron chi connectivity index (χ3n) is 4.74. The number of phenolic OH excluding ortho intramolecular Hbond substituents is 1. The molecule has 1 aliphatic carbocycles. The van der Waals surface area contributed by atoms with Gasteiger partial charge in [-0.15, -0.1) is 0 Å². The molecule has 1 saturated heterocycles. The molecule has 2 aliphatic rings. The fourth-order valence-electron chi connectivity index (χ4n) is 3.66. The van der Waals surface area contributed by atoms with Crippen LogP contribution in [0, 0.1) is 0 Å². The molecule has 20 heavy (non-hydrogen) atoms. The summed E-state index contributed by atoms with van der Waals surface area (Å²) in [6.45, 7) is 1.80. The molecule has 3 rings (SSSR count). The standard InChI is InChI=1S/C16H23NO3/c1-19-15-9-17(10-16(15)20-2)13-7-3-6-12-11(13)5-4-8-14(12)18/h4-5,8,13,15-16,18H,3,6-7,9-10H2,1-2H3. The summed E-state index contributed by atoms with van der Waals surface area (Å²) < 4.78 is 11.1. The van der Waals surface area contributed by atoms with Crippen molar-refractivity contribution in [2.45, 2.75) is 37.5 Å². The number of likely N-dealkylation sites (tertiary alicyclic amines) is 1. The zero-order valence-corrected chi connectivity index (χ0v) is 12.2. The molecule has 1 heterocycles. The number of benzene rings is 1. The molecule has 1 fully saturated rings. The van der Waals surface area contributed by atoms with Crippen LogP contribution in [0.4, 0.5) is 0 Å². The maximum absolute atomic E-state index is 10.0. The van der Waals surface area contributed by atoms with Gasteiger partial charge in [-0.05, 0) is 36.5 Å². The molecule has 110 valence electrons. The van der Waals surface area contributed by atoms with Gasteiger partial charge in [0.25, 0.3) is 0 Å². The maximum Gasteiger partial charge on any atom is 0.119 e. The molecule has 0 bridgehead atoms. The Kier molecular flexibility index (Phi) is 3.96. The number of methoxy groups -OCH3 is 2. The van der Waals surface area contributed by atoms with Gasteiger partial charge in [-0.1, -0.05) is 12.1 Å². The van der Waals surface area contributed by atoms with Crippen molar-refractivity contribution in [3.63, 3.8) is 0 Å². The van der Waals surface area contributed by atoms with E-state index in [1.807, 2.05) is 6.07 Å². The molecule has 1 N–H and O–H groups in total. The number of ether oxygens (including phenoxy) is 2. The first kappa shape index (κ1) is 13.9. The Hall–Kier alpha value is -1.10. The average Bonchev–Trinajstić information content (AvgIpc) is 2.90. The third-order valence-corrected chi connectivity index (χ3v) is 4.74. The monoisotopic (exact) mass is 277 g/mol. The van der Waals surface area contributed by atoms with E-state index >= 15 is 0 Å². The van der Waals surface area contributed by atoms with Gasteiger partial charge in [0.1, 0.15) is 5.75 Å². The summed E-state index contributed by atoms with van der Waals surface area (Å²) in [6.07, 6.45) is 3.53. The molecule has 0 spiro atoms. The minimum absolute atomic E-state index is 0.141. The van der Waals surface area contributed by atoms with Crippen LogP contribution in [0.5, 0.6) is 5.75 Å². The van der Waals surface area contributed by atoms with Gasteiger partial charge in [0, 0.05) is 33.4 Å². The molecule has 0 saturated carbocycles. The molecule has 0 radical (unpaired) electrons. The zero-order chi connectivity index (χ0) is 14.1. The summed E-state index contributed by atoms with van der Waals surface area (Å²) in [5, 5.41) is 10.0. The van der Waals surface area contributed by atoms with Gasteiger partial charge in [-0.25, -0.2) is 0 Å². The van der Waals surface area contributed by atoms with E-state index < -0.39 is 0 Å². The van der Waals surface area contributed by atoms with E-state index in [-0.39, 0.29) is 12.2 Å². The lowest BCUT2D eigenvalue weighted by molar-refractivity contribution is -0.00461. The van der Waals surface area contributed by atoms with Crippen LogP contribution in [-0.2, 0) is 15.9 Å². The summed E-state index contributed by atoms with van der Waals surface area (Å²) in [5.41, 5.74) is 2.40. The number of nitrogens with zero attached hydrogens (tertiary/aromatic N) is 1. The Balaban J connectivity index is 1.85. The topological polar surface area (TPSA) is 41.9 Å². The Morgan fingerprint density at radius 2 is 1.85 bits per heavy atom. The van der Waals surface area contributed by atoms with Crippen LogP contribution in [0.25, 0.3) is 0 Å². The van der Waals surface area contributed by atoms with Gasteiger partial charge < -0.3 is 14.6 Å². The summed E-state index contributed by atoms with van der Waals surface area (Å²) in [4.78, 5) is 2.44. The Morgan fingerprint density at radius 1 is 1.15 bits per heavy atom. The van der Waals surface area contributed by atoms with Crippen LogP contribution in [0.3, 0.4) is 0 Å². The predicted octanol–water partition coefficient (Wildman–Crippen LogP) is 2.12. The van der Waals surface area contributed by atoms with Gasteiger partial charge >= 0.3 is 0 Å². The van der Waals surface area contributed by atoms with E-state index in [4.69, 9.17) is 9.47 Å². The van der Waals surface area contributed by atoms with Crippen LogP contribution < -0.4 is 0 Å². The summed E-state index contributed by atoms with van der Waals surface area (Å²) >= 11 is 0. The highest BCUT2D eigenvalue weighted by atomic mass is 16.5. The number of rotatable bonds is 3. The highest BCUT2D eigenvalue weighted by molar-refractivity contribution is 5.42. The van der Waals surface area contributed by atoms with Gasteiger partial charge in [0.2, 0.25) is 0 Å². The molecule has 0 amide bonds. The van der Waals surface area contributed by atoms with Crippen molar-refractivity contribution < 1.29 is 14.6 Å². The zero-order valence-electron chi connectivity index (χ0n) is 12.2. The molecule has 4 nitrogen and oxygen atoms in total. The van der Waals surface area contributed by atoms with Crippen molar-refractivity contribution in [3.8, 4) is 5.75 Å². The number of aromatic hydroxyl groups is 1. The first-order valence-corrected chi connectivity index (χ1v) is 7.35. The minimum Gasteiger partial charge on any atom is -0.508 e. The van der Waals surface area contributed by atoms with Crippen LogP contribution in [0.2, 0.25) is 0 Å². The lowest BCUT2D eigenvalue weighted by Gasteiger charge is -2.33. The molecular weight excluding hydrogens is 254 g/mol. The number of hydrogen-bond donors (Lipinski definition) is 1. The fraction of sp³-hybridized carbons (Fsp3) is 0.625. The minimum atomic E-state index is 0.141. The number of fused-ring (bicyclic) bond motifs is 1. The molecule has 3 atom stereocenters. The summed E-state index contributed by atoms with van der Waals surface area (Å²) in [6, 6.07) is 6.27. The Morgan fingerprint density at radius 3 is 2.50 bits per heavy atom. The molecule has 0 aromatic heterocycles. The quantitative estimate of drug-likeness (QED) is 0.919. The van der Waals surface area contributed by atoms with E-state index in [1.54, 1.807) is 20.3 Å². The van der Waals surface area contributed by atoms with Crippen molar-refractivity contribution in [3.05, 3.63) is 29.3 Å². The van der Waals surface area contributed by atoms with Crippen molar-refractivity contribution in [1.29, 1.82) is 0 Å². The predicted molar refractivity (Wildman–Crippen MR) is 77.0 cm³/mol. The maximum atomic E-state index is 10.0. The first-order chi connectivity index (χ1) is 9.74. The van der Waals surface area contributed by atoms with E-state index in [0.29, 0.717) is 11.8 Å². The average molecular weight is 277 g/mol. The smallest absolute Gasteiger partial charge is 0.119 e. The molecule has 4 heteroatoms. The van der Waals surface area contributed by atoms with E-state index in [2.05, 4.69) is 11.0 Å². The van der Waals surface area contributed by atoms with Gasteiger partial charge in [-0.2, -0.15) is 0 Å². The molecule has 3 unspecified atom stereocenters. The third kappa shape index (κ3) is 2.32. The van der Waals surface area contributed by atoms with E-state index in [9.17, 15) is 5.11 Å². The Labute approximate surface area is 120 Å². The van der Waals surface area contributed by atoms with Crippen LogP contribution in [0.15, 0.2) is 18.2 Å². The van der Waals surface area contributed by atoms with Gasteiger partial charge in [0.15, 0.2) is 0 Å². The van der Waals surface area contributed by atoms with E-state index in [1.165, 1.54) is 5.56 Å². The second-order valence-electron chi connectivity index (χ2n) is 5.76. The summed E-state index contributed by atoms with van der Waals surface area (Å²) in [7, 11) is 3.50. The van der Waals surface area contributed by atoms with Crippen LogP contribution in [0.1, 0.15) is 30.0 Å². The lowest BCUT2D eigenvalue weighted by atomic mass is 9.86. The van der Waals surface area contributed by atoms with Crippen LogP contribution in [-0.4, -0.2) is 49.5 Å². The fourth-order valence-corrected chi connectivity index (χ4v) is 3.66. The summed E-state index contributed by atoms with van der Waals surface area (Å²) in [5.74, 6) is 0.443. The molecule has 1 aromatic rings. The number of hydrogen-bond acceptors (Lipinski definition) is 4. The second kappa shape index (κ2) is 5.72. The van der Waals surface area contributed by atoms with Crippen molar-refractivity contribution in [2.24, 2.45) is 0 Å².